The number of carboxylic acid groups (broad SMARTS) is 1. The molecule has 2 saturated heterocycles. The minimum atomic E-state index is -0.866. The maximum absolute atomic E-state index is 12.6. The van der Waals surface area contributed by atoms with Gasteiger partial charge in [0.05, 0.1) is 0 Å². The Labute approximate surface area is 120 Å². The molecule has 0 bridgehead atoms. The second-order valence-corrected chi connectivity index (χ2v) is 6.27. The van der Waals surface area contributed by atoms with Crippen molar-refractivity contribution in [2.75, 3.05) is 19.6 Å². The fraction of sp³-hybridized carbons (Fsp3) is 0.867. The lowest BCUT2D eigenvalue weighted by molar-refractivity contribution is -0.145. The molecule has 5 nitrogen and oxygen atoms in total. The Morgan fingerprint density at radius 1 is 1.25 bits per heavy atom. The van der Waals surface area contributed by atoms with Crippen molar-refractivity contribution in [1.29, 1.82) is 0 Å². The fourth-order valence-corrected chi connectivity index (χ4v) is 3.61. The first-order valence-electron chi connectivity index (χ1n) is 7.83. The van der Waals surface area contributed by atoms with Gasteiger partial charge in [0.25, 0.3) is 0 Å². The maximum Gasteiger partial charge on any atom is 0.326 e. The monoisotopic (exact) mass is 282 g/mol. The van der Waals surface area contributed by atoms with Crippen LogP contribution in [-0.4, -0.2) is 52.6 Å². The van der Waals surface area contributed by atoms with Gasteiger partial charge in [-0.05, 0) is 37.5 Å². The van der Waals surface area contributed by atoms with E-state index in [2.05, 4.69) is 6.92 Å². The number of rotatable bonds is 3. The fourth-order valence-electron chi connectivity index (χ4n) is 3.61. The third kappa shape index (κ3) is 3.07. The van der Waals surface area contributed by atoms with Crippen LogP contribution >= 0.6 is 0 Å². The molecular formula is C15H26N2O3. The number of nitrogens with zero attached hydrogens (tertiary/aromatic N) is 2. The molecule has 3 unspecified atom stereocenters. The molecule has 0 radical (unpaired) electrons. The van der Waals surface area contributed by atoms with Gasteiger partial charge in [-0.15, -0.1) is 0 Å². The van der Waals surface area contributed by atoms with Crippen LogP contribution < -0.4 is 0 Å². The van der Waals surface area contributed by atoms with Crippen LogP contribution in [0, 0.1) is 11.8 Å². The molecule has 2 fully saturated rings. The summed E-state index contributed by atoms with van der Waals surface area (Å²) in [7, 11) is 0. The summed E-state index contributed by atoms with van der Waals surface area (Å²) >= 11 is 0. The standard InChI is InChI=1S/C15H26N2O3/c1-3-5-12-7-9-16(10-12)15(20)17-8-4-6-11(2)13(17)14(18)19/h11-13H,3-10H2,1-2H3,(H,18,19). The van der Waals surface area contributed by atoms with E-state index in [1.54, 1.807) is 4.90 Å². The van der Waals surface area contributed by atoms with Crippen LogP contribution in [0.5, 0.6) is 0 Å². The zero-order chi connectivity index (χ0) is 14.7. The second kappa shape index (κ2) is 6.46. The molecule has 2 aliphatic rings. The highest BCUT2D eigenvalue weighted by Crippen LogP contribution is 2.27. The lowest BCUT2D eigenvalue weighted by Crippen LogP contribution is -2.55. The average molecular weight is 282 g/mol. The van der Waals surface area contributed by atoms with Gasteiger partial charge in [-0.2, -0.15) is 0 Å². The van der Waals surface area contributed by atoms with E-state index in [9.17, 15) is 14.7 Å². The van der Waals surface area contributed by atoms with Crippen LogP contribution in [0.1, 0.15) is 46.0 Å². The lowest BCUT2D eigenvalue weighted by Gasteiger charge is -2.39. The number of aliphatic carboxylic acids is 1. The van der Waals surface area contributed by atoms with Crippen LogP contribution in [0.3, 0.4) is 0 Å². The van der Waals surface area contributed by atoms with Crippen molar-refractivity contribution in [2.45, 2.75) is 52.0 Å². The van der Waals surface area contributed by atoms with Crippen molar-refractivity contribution in [3.05, 3.63) is 0 Å². The first kappa shape index (κ1) is 15.1. The highest BCUT2D eigenvalue weighted by molar-refractivity contribution is 5.83. The first-order chi connectivity index (χ1) is 9.54. The van der Waals surface area contributed by atoms with Gasteiger partial charge in [0.1, 0.15) is 6.04 Å². The van der Waals surface area contributed by atoms with E-state index in [0.717, 1.165) is 45.2 Å². The molecule has 2 amide bonds. The number of carboxylic acids is 1. The molecule has 1 N–H and O–H groups in total. The third-order valence-electron chi connectivity index (χ3n) is 4.69. The largest absolute Gasteiger partial charge is 0.480 e. The molecule has 0 aromatic rings. The highest BCUT2D eigenvalue weighted by atomic mass is 16.4. The molecule has 3 atom stereocenters. The number of carbonyl (C=O) groups excluding carboxylic acids is 1. The van der Waals surface area contributed by atoms with Crippen LogP contribution in [0.2, 0.25) is 0 Å². The van der Waals surface area contributed by atoms with Crippen molar-refractivity contribution in [1.82, 2.24) is 9.80 Å². The minimum absolute atomic E-state index is 0.0410. The number of carbonyl (C=O) groups is 2. The third-order valence-corrected chi connectivity index (χ3v) is 4.69. The summed E-state index contributed by atoms with van der Waals surface area (Å²) in [6.07, 6.45) is 5.15. The molecule has 0 aromatic carbocycles. The summed E-state index contributed by atoms with van der Waals surface area (Å²) in [6.45, 7) is 6.25. The Balaban J connectivity index is 2.02. The Morgan fingerprint density at radius 2 is 2.00 bits per heavy atom. The Morgan fingerprint density at radius 3 is 2.65 bits per heavy atom. The zero-order valence-corrected chi connectivity index (χ0v) is 12.5. The molecule has 0 aliphatic carbocycles. The van der Waals surface area contributed by atoms with Crippen LogP contribution in [-0.2, 0) is 4.79 Å². The summed E-state index contributed by atoms with van der Waals surface area (Å²) in [4.78, 5) is 27.5. The van der Waals surface area contributed by atoms with Crippen molar-refractivity contribution < 1.29 is 14.7 Å². The van der Waals surface area contributed by atoms with Crippen LogP contribution in [0.25, 0.3) is 0 Å². The predicted molar refractivity (Wildman–Crippen MR) is 76.5 cm³/mol. The number of hydrogen-bond donors (Lipinski definition) is 1. The predicted octanol–water partition coefficient (Wildman–Crippen LogP) is 2.41. The van der Waals surface area contributed by atoms with Gasteiger partial charge in [0, 0.05) is 19.6 Å². The van der Waals surface area contributed by atoms with E-state index < -0.39 is 12.0 Å². The van der Waals surface area contributed by atoms with E-state index in [1.807, 2.05) is 11.8 Å². The SMILES string of the molecule is CCCC1CCN(C(=O)N2CCCC(C)C2C(=O)O)C1. The van der Waals surface area contributed by atoms with Gasteiger partial charge in [-0.1, -0.05) is 20.3 Å². The molecule has 20 heavy (non-hydrogen) atoms. The second-order valence-electron chi connectivity index (χ2n) is 6.27. The van der Waals surface area contributed by atoms with E-state index in [4.69, 9.17) is 0 Å². The molecule has 2 aliphatic heterocycles. The Hall–Kier alpha value is -1.26. The molecule has 0 saturated carbocycles. The molecular weight excluding hydrogens is 256 g/mol. The summed E-state index contributed by atoms with van der Waals surface area (Å²) < 4.78 is 0. The van der Waals surface area contributed by atoms with Crippen molar-refractivity contribution >= 4 is 12.0 Å². The number of likely N-dealkylation sites (tertiary alicyclic amines) is 2. The lowest BCUT2D eigenvalue weighted by atomic mass is 9.91. The van der Waals surface area contributed by atoms with Crippen LogP contribution in [0.4, 0.5) is 4.79 Å². The average Bonchev–Trinajstić information content (AvgIpc) is 2.86. The smallest absolute Gasteiger partial charge is 0.326 e. The molecule has 2 rings (SSSR count). The van der Waals surface area contributed by atoms with Crippen molar-refractivity contribution in [3.63, 3.8) is 0 Å². The van der Waals surface area contributed by atoms with E-state index >= 15 is 0 Å². The Kier molecular flexibility index (Phi) is 4.89. The molecule has 5 heteroatoms. The van der Waals surface area contributed by atoms with Gasteiger partial charge in [0.2, 0.25) is 0 Å². The topological polar surface area (TPSA) is 60.9 Å². The van der Waals surface area contributed by atoms with E-state index in [1.165, 1.54) is 0 Å². The molecule has 0 aromatic heterocycles. The van der Waals surface area contributed by atoms with E-state index in [-0.39, 0.29) is 11.9 Å². The van der Waals surface area contributed by atoms with Gasteiger partial charge in [-0.25, -0.2) is 9.59 Å². The Bertz CT molecular complexity index is 372. The number of amides is 2. The summed E-state index contributed by atoms with van der Waals surface area (Å²) in [5.41, 5.74) is 0. The maximum atomic E-state index is 12.6. The van der Waals surface area contributed by atoms with Gasteiger partial charge in [0.15, 0.2) is 0 Å². The number of hydrogen-bond acceptors (Lipinski definition) is 2. The minimum Gasteiger partial charge on any atom is -0.480 e. The summed E-state index contributed by atoms with van der Waals surface area (Å²) in [5, 5.41) is 9.39. The summed E-state index contributed by atoms with van der Waals surface area (Å²) in [5.74, 6) is -0.233. The van der Waals surface area contributed by atoms with Crippen molar-refractivity contribution in [3.8, 4) is 0 Å². The van der Waals surface area contributed by atoms with Crippen LogP contribution in [0.15, 0.2) is 0 Å². The first-order valence-corrected chi connectivity index (χ1v) is 7.83. The van der Waals surface area contributed by atoms with Gasteiger partial charge < -0.3 is 14.9 Å². The molecule has 2 heterocycles. The zero-order valence-electron chi connectivity index (χ0n) is 12.5. The summed E-state index contributed by atoms with van der Waals surface area (Å²) in [6, 6.07) is -0.718. The highest BCUT2D eigenvalue weighted by Gasteiger charge is 2.40. The normalized spacial score (nSPS) is 30.6. The van der Waals surface area contributed by atoms with Gasteiger partial charge in [-0.3, -0.25) is 0 Å². The van der Waals surface area contributed by atoms with Crippen molar-refractivity contribution in [2.24, 2.45) is 11.8 Å². The number of urea groups is 1. The van der Waals surface area contributed by atoms with E-state index in [0.29, 0.717) is 12.5 Å². The molecule has 0 spiro atoms. The van der Waals surface area contributed by atoms with Gasteiger partial charge >= 0.3 is 12.0 Å². The molecule has 114 valence electrons. The quantitative estimate of drug-likeness (QED) is 0.864. The number of piperidine rings is 1.